The topological polar surface area (TPSA) is 107 Å². The average molecular weight is 317 g/mol. The van der Waals surface area contributed by atoms with Crippen molar-refractivity contribution < 1.29 is 9.90 Å². The first kappa shape index (κ1) is 15.2. The summed E-state index contributed by atoms with van der Waals surface area (Å²) < 4.78 is 0. The summed E-state index contributed by atoms with van der Waals surface area (Å²) in [7, 11) is 0. The fraction of sp³-hybridized carbons (Fsp3) is 0. The number of benzene rings is 2. The summed E-state index contributed by atoms with van der Waals surface area (Å²) in [4.78, 5) is 30.2. The maximum absolute atomic E-state index is 12.2. The van der Waals surface area contributed by atoms with Gasteiger partial charge in [0.15, 0.2) is 0 Å². The Morgan fingerprint density at radius 3 is 2.46 bits per heavy atom. The number of aromatic nitrogens is 2. The van der Waals surface area contributed by atoms with E-state index in [9.17, 15) is 14.9 Å². The number of nitrogens with zero attached hydrogens (tertiary/aromatic N) is 2. The van der Waals surface area contributed by atoms with Crippen LogP contribution in [-0.2, 0) is 0 Å². The third-order valence-electron chi connectivity index (χ3n) is 3.46. The second-order valence-corrected chi connectivity index (χ2v) is 5.00. The Balaban J connectivity index is 2.23. The van der Waals surface area contributed by atoms with Gasteiger partial charge in [-0.2, -0.15) is 5.26 Å². The van der Waals surface area contributed by atoms with Crippen molar-refractivity contribution in [1.29, 1.82) is 5.26 Å². The lowest BCUT2D eigenvalue weighted by Gasteiger charge is -2.07. The molecule has 0 aliphatic carbocycles. The Labute approximate surface area is 136 Å². The number of carboxylic acid groups (broad SMARTS) is 1. The molecule has 1 aromatic heterocycles. The summed E-state index contributed by atoms with van der Waals surface area (Å²) >= 11 is 0. The second kappa shape index (κ2) is 6.18. The van der Waals surface area contributed by atoms with Crippen molar-refractivity contribution in [2.75, 3.05) is 0 Å². The molecule has 116 valence electrons. The van der Waals surface area contributed by atoms with Crippen LogP contribution in [0.15, 0.2) is 59.4 Å². The number of rotatable bonds is 3. The molecule has 0 fully saturated rings. The Morgan fingerprint density at radius 2 is 1.79 bits per heavy atom. The molecule has 0 saturated heterocycles. The molecule has 0 radical (unpaired) electrons. The van der Waals surface area contributed by atoms with Gasteiger partial charge >= 0.3 is 5.97 Å². The van der Waals surface area contributed by atoms with Crippen LogP contribution in [0.1, 0.15) is 15.9 Å². The van der Waals surface area contributed by atoms with Crippen LogP contribution in [0.25, 0.3) is 22.6 Å². The van der Waals surface area contributed by atoms with Crippen molar-refractivity contribution in [3.05, 3.63) is 76.1 Å². The highest BCUT2D eigenvalue weighted by Crippen LogP contribution is 2.22. The van der Waals surface area contributed by atoms with Gasteiger partial charge < -0.3 is 10.1 Å². The van der Waals surface area contributed by atoms with E-state index < -0.39 is 11.5 Å². The molecule has 0 aliphatic heterocycles. The number of aromatic amines is 1. The van der Waals surface area contributed by atoms with Gasteiger partial charge in [0.2, 0.25) is 0 Å². The van der Waals surface area contributed by atoms with Crippen LogP contribution in [0.5, 0.6) is 0 Å². The average Bonchev–Trinajstić information content (AvgIpc) is 2.62. The Morgan fingerprint density at radius 1 is 1.08 bits per heavy atom. The predicted molar refractivity (Wildman–Crippen MR) is 87.4 cm³/mol. The maximum Gasteiger partial charge on any atom is 0.335 e. The van der Waals surface area contributed by atoms with Crippen molar-refractivity contribution >= 4 is 5.97 Å². The maximum atomic E-state index is 12.2. The number of carboxylic acids is 1. The van der Waals surface area contributed by atoms with E-state index in [-0.39, 0.29) is 22.6 Å². The number of nitrogens with one attached hydrogen (secondary N) is 1. The number of hydrogen-bond acceptors (Lipinski definition) is 4. The summed E-state index contributed by atoms with van der Waals surface area (Å²) in [6, 6.07) is 16.8. The largest absolute Gasteiger partial charge is 0.478 e. The Hall–Kier alpha value is -3.72. The lowest BCUT2D eigenvalue weighted by Crippen LogP contribution is -2.15. The molecule has 0 bridgehead atoms. The number of nitriles is 1. The van der Waals surface area contributed by atoms with Gasteiger partial charge in [0.25, 0.3) is 5.56 Å². The monoisotopic (exact) mass is 317 g/mol. The van der Waals surface area contributed by atoms with Crippen molar-refractivity contribution in [3.8, 4) is 28.7 Å². The minimum Gasteiger partial charge on any atom is -0.478 e. The molecule has 3 rings (SSSR count). The summed E-state index contributed by atoms with van der Waals surface area (Å²) in [5, 5.41) is 18.3. The van der Waals surface area contributed by atoms with Gasteiger partial charge in [-0.1, -0.05) is 42.5 Å². The lowest BCUT2D eigenvalue weighted by atomic mass is 10.1. The van der Waals surface area contributed by atoms with Crippen LogP contribution >= 0.6 is 0 Å². The first-order chi connectivity index (χ1) is 11.6. The van der Waals surface area contributed by atoms with Crippen LogP contribution < -0.4 is 5.56 Å². The first-order valence-corrected chi connectivity index (χ1v) is 7.03. The number of aromatic carboxylic acids is 1. The van der Waals surface area contributed by atoms with Gasteiger partial charge in [-0.3, -0.25) is 4.79 Å². The van der Waals surface area contributed by atoms with Crippen LogP contribution in [0.3, 0.4) is 0 Å². The van der Waals surface area contributed by atoms with Crippen molar-refractivity contribution in [2.45, 2.75) is 0 Å². The molecule has 0 unspecified atom stereocenters. The van der Waals surface area contributed by atoms with E-state index >= 15 is 0 Å². The summed E-state index contributed by atoms with van der Waals surface area (Å²) in [5.74, 6) is -0.864. The highest BCUT2D eigenvalue weighted by atomic mass is 16.4. The molecule has 0 spiro atoms. The Kier molecular flexibility index (Phi) is 3.91. The van der Waals surface area contributed by atoms with Gasteiger partial charge in [0.05, 0.1) is 11.3 Å². The van der Waals surface area contributed by atoms with Crippen LogP contribution in [0.4, 0.5) is 0 Å². The molecule has 1 heterocycles. The Bertz CT molecular complexity index is 1020. The fourth-order valence-corrected chi connectivity index (χ4v) is 2.32. The van der Waals surface area contributed by atoms with Gasteiger partial charge in [0, 0.05) is 11.1 Å². The smallest absolute Gasteiger partial charge is 0.335 e. The zero-order chi connectivity index (χ0) is 17.1. The molecule has 6 nitrogen and oxygen atoms in total. The molecule has 6 heteroatoms. The van der Waals surface area contributed by atoms with Crippen LogP contribution in [0, 0.1) is 11.3 Å². The van der Waals surface area contributed by atoms with E-state index in [0.29, 0.717) is 11.1 Å². The summed E-state index contributed by atoms with van der Waals surface area (Å²) in [5.41, 5.74) is 0.782. The lowest BCUT2D eigenvalue weighted by molar-refractivity contribution is 0.0697. The van der Waals surface area contributed by atoms with Crippen LogP contribution in [-0.4, -0.2) is 21.0 Å². The normalized spacial score (nSPS) is 10.1. The fourth-order valence-electron chi connectivity index (χ4n) is 2.32. The predicted octanol–water partition coefficient (Wildman–Crippen LogP) is 2.67. The molecule has 0 saturated carbocycles. The third kappa shape index (κ3) is 2.78. The van der Waals surface area contributed by atoms with Gasteiger partial charge in [-0.25, -0.2) is 9.78 Å². The molecule has 2 aromatic carbocycles. The third-order valence-corrected chi connectivity index (χ3v) is 3.46. The zero-order valence-corrected chi connectivity index (χ0v) is 12.4. The van der Waals surface area contributed by atoms with Crippen molar-refractivity contribution in [1.82, 2.24) is 9.97 Å². The van der Waals surface area contributed by atoms with E-state index in [0.717, 1.165) is 0 Å². The van der Waals surface area contributed by atoms with E-state index in [4.69, 9.17) is 5.11 Å². The number of hydrogen-bond donors (Lipinski definition) is 2. The highest BCUT2D eigenvalue weighted by molar-refractivity contribution is 5.89. The molecule has 3 aromatic rings. The van der Waals surface area contributed by atoms with E-state index in [2.05, 4.69) is 9.97 Å². The van der Waals surface area contributed by atoms with Crippen molar-refractivity contribution in [3.63, 3.8) is 0 Å². The standard InChI is InChI=1S/C18H11N3O3/c19-10-14-15(11-5-2-1-3-6-11)20-16(21-17(14)22)12-7-4-8-13(9-12)18(23)24/h1-9H,(H,23,24)(H,20,21,22). The minimum atomic E-state index is -1.07. The minimum absolute atomic E-state index is 0.0839. The second-order valence-electron chi connectivity index (χ2n) is 5.00. The summed E-state index contributed by atoms with van der Waals surface area (Å²) in [6.45, 7) is 0. The van der Waals surface area contributed by atoms with Crippen molar-refractivity contribution in [2.24, 2.45) is 0 Å². The van der Waals surface area contributed by atoms with E-state index in [1.165, 1.54) is 12.1 Å². The van der Waals surface area contributed by atoms with E-state index in [1.54, 1.807) is 36.4 Å². The zero-order valence-electron chi connectivity index (χ0n) is 12.4. The highest BCUT2D eigenvalue weighted by Gasteiger charge is 2.14. The quantitative estimate of drug-likeness (QED) is 0.772. The number of H-pyrrole nitrogens is 1. The molecule has 2 N–H and O–H groups in total. The van der Waals surface area contributed by atoms with Crippen LogP contribution in [0.2, 0.25) is 0 Å². The van der Waals surface area contributed by atoms with Gasteiger partial charge in [0.1, 0.15) is 17.5 Å². The number of carbonyl (C=O) groups is 1. The molecular weight excluding hydrogens is 306 g/mol. The first-order valence-electron chi connectivity index (χ1n) is 7.03. The van der Waals surface area contributed by atoms with Gasteiger partial charge in [-0.05, 0) is 12.1 Å². The molecule has 24 heavy (non-hydrogen) atoms. The molecular formula is C18H11N3O3. The molecule has 0 aliphatic rings. The van der Waals surface area contributed by atoms with E-state index in [1.807, 2.05) is 12.1 Å². The molecule has 0 atom stereocenters. The van der Waals surface area contributed by atoms with Gasteiger partial charge in [-0.15, -0.1) is 0 Å². The molecule has 0 amide bonds. The summed E-state index contributed by atoms with van der Waals surface area (Å²) in [6.07, 6.45) is 0. The SMILES string of the molecule is N#Cc1c(-c2ccccc2)nc(-c2cccc(C(=O)O)c2)[nH]c1=O.